The van der Waals surface area contributed by atoms with Crippen LogP contribution in [0.15, 0.2) is 17.1 Å². The molecule has 6 N–H and O–H groups in total. The predicted molar refractivity (Wildman–Crippen MR) is 70.1 cm³/mol. The number of hydrazine groups is 1. The van der Waals surface area contributed by atoms with Gasteiger partial charge in [0.1, 0.15) is 24.1 Å². The highest BCUT2D eigenvalue weighted by Gasteiger charge is 2.43. The van der Waals surface area contributed by atoms with E-state index in [0.29, 0.717) is 0 Å². The number of hydrogen-bond donors (Lipinski definition) is 5. The van der Waals surface area contributed by atoms with Gasteiger partial charge in [-0.25, -0.2) is 10.6 Å². The fraction of sp³-hybridized carbons (Fsp3) is 0.636. The minimum absolute atomic E-state index is 0.101. The van der Waals surface area contributed by atoms with Crippen molar-refractivity contribution in [2.75, 3.05) is 24.8 Å². The van der Waals surface area contributed by atoms with Gasteiger partial charge in [0.2, 0.25) is 0 Å². The number of hydrogen-bond acceptors (Lipinski definition) is 9. The Balaban J connectivity index is 2.24. The molecule has 1 aliphatic rings. The number of ether oxygens (including phenoxy) is 1. The van der Waals surface area contributed by atoms with Crippen LogP contribution >= 0.6 is 0 Å². The maximum atomic E-state index is 12.0. The first-order chi connectivity index (χ1) is 9.99. The van der Waals surface area contributed by atoms with Crippen LogP contribution in [0.25, 0.3) is 0 Å². The summed E-state index contributed by atoms with van der Waals surface area (Å²) >= 11 is 0. The van der Waals surface area contributed by atoms with E-state index in [-0.39, 0.29) is 19.0 Å². The van der Waals surface area contributed by atoms with Gasteiger partial charge in [0.15, 0.2) is 6.23 Å². The Morgan fingerprint density at radius 2 is 2.10 bits per heavy atom. The van der Waals surface area contributed by atoms with Crippen molar-refractivity contribution in [3.63, 3.8) is 0 Å². The third-order valence-electron chi connectivity index (χ3n) is 3.24. The molecule has 0 saturated carbocycles. The summed E-state index contributed by atoms with van der Waals surface area (Å²) in [5.41, 5.74) is -0.740. The molecule has 0 amide bonds. The molecular weight excluding hydrogens is 284 g/mol. The molecule has 0 aliphatic carbocycles. The molecule has 10 heteroatoms. The smallest absolute Gasteiger partial charge is 0.351 e. The SMILES string of the molecule is NN(CCO)c1ccn([C@@H]2O[C@H](CO)[C@@H](O)[C@H]2O)c(=O)n1. The van der Waals surface area contributed by atoms with Crippen LogP contribution in [0.1, 0.15) is 6.23 Å². The van der Waals surface area contributed by atoms with E-state index in [0.717, 1.165) is 9.58 Å². The molecule has 4 atom stereocenters. The number of nitrogens with zero attached hydrogens (tertiary/aromatic N) is 3. The molecule has 10 nitrogen and oxygen atoms in total. The summed E-state index contributed by atoms with van der Waals surface area (Å²) in [5.74, 6) is 5.73. The number of rotatable bonds is 5. The molecule has 1 aliphatic heterocycles. The van der Waals surface area contributed by atoms with Crippen LogP contribution in [0.5, 0.6) is 0 Å². The highest BCUT2D eigenvalue weighted by atomic mass is 16.6. The van der Waals surface area contributed by atoms with Crippen LogP contribution in [0, 0.1) is 0 Å². The van der Waals surface area contributed by atoms with Crippen molar-refractivity contribution in [3.8, 4) is 0 Å². The third kappa shape index (κ3) is 3.05. The first-order valence-corrected chi connectivity index (χ1v) is 6.34. The lowest BCUT2D eigenvalue weighted by atomic mass is 10.1. The summed E-state index contributed by atoms with van der Waals surface area (Å²) in [6.07, 6.45) is -3.47. The average Bonchev–Trinajstić information content (AvgIpc) is 2.75. The summed E-state index contributed by atoms with van der Waals surface area (Å²) in [4.78, 5) is 15.7. The fourth-order valence-corrected chi connectivity index (χ4v) is 2.09. The molecule has 0 bridgehead atoms. The summed E-state index contributed by atoms with van der Waals surface area (Å²) in [7, 11) is 0. The quantitative estimate of drug-likeness (QED) is 0.275. The van der Waals surface area contributed by atoms with Crippen molar-refractivity contribution >= 4 is 5.82 Å². The molecule has 0 radical (unpaired) electrons. The molecule has 118 valence electrons. The normalized spacial score (nSPS) is 28.8. The summed E-state index contributed by atoms with van der Waals surface area (Å²) < 4.78 is 6.24. The van der Waals surface area contributed by atoms with Gasteiger partial charge in [-0.2, -0.15) is 4.98 Å². The molecular formula is C11H18N4O6. The highest BCUT2D eigenvalue weighted by Crippen LogP contribution is 2.28. The minimum atomic E-state index is -1.36. The minimum Gasteiger partial charge on any atom is -0.394 e. The fourth-order valence-electron chi connectivity index (χ4n) is 2.09. The summed E-state index contributed by atoms with van der Waals surface area (Å²) in [6.45, 7) is -0.581. The van der Waals surface area contributed by atoms with Gasteiger partial charge in [-0.3, -0.25) is 9.58 Å². The molecule has 2 rings (SSSR count). The molecule has 1 aromatic rings. The molecule has 0 unspecified atom stereocenters. The maximum absolute atomic E-state index is 12.0. The van der Waals surface area contributed by atoms with Crippen molar-refractivity contribution in [1.29, 1.82) is 0 Å². The van der Waals surface area contributed by atoms with Crippen molar-refractivity contribution in [2.45, 2.75) is 24.5 Å². The van der Waals surface area contributed by atoms with Crippen molar-refractivity contribution < 1.29 is 25.2 Å². The lowest BCUT2D eigenvalue weighted by Gasteiger charge is -2.19. The first-order valence-electron chi connectivity index (χ1n) is 6.34. The summed E-state index contributed by atoms with van der Waals surface area (Å²) in [5, 5.41) is 38.4. The van der Waals surface area contributed by atoms with Crippen molar-refractivity contribution in [2.24, 2.45) is 5.84 Å². The monoisotopic (exact) mass is 302 g/mol. The third-order valence-corrected chi connectivity index (χ3v) is 3.24. The van der Waals surface area contributed by atoms with Gasteiger partial charge >= 0.3 is 5.69 Å². The molecule has 2 heterocycles. The largest absolute Gasteiger partial charge is 0.394 e. The van der Waals surface area contributed by atoms with Crippen LogP contribution in [-0.4, -0.2) is 68.0 Å². The second kappa shape index (κ2) is 6.47. The van der Waals surface area contributed by atoms with E-state index in [1.165, 1.54) is 12.3 Å². The van der Waals surface area contributed by atoms with Crippen LogP contribution < -0.4 is 16.5 Å². The summed E-state index contributed by atoms with van der Waals surface area (Å²) in [6, 6.07) is 1.41. The van der Waals surface area contributed by atoms with E-state index in [1.807, 2.05) is 0 Å². The Bertz CT molecular complexity index is 538. The Morgan fingerprint density at radius 3 is 2.62 bits per heavy atom. The van der Waals surface area contributed by atoms with E-state index in [9.17, 15) is 15.0 Å². The molecule has 21 heavy (non-hydrogen) atoms. The topological polar surface area (TPSA) is 154 Å². The number of aliphatic hydroxyl groups excluding tert-OH is 4. The van der Waals surface area contributed by atoms with Gasteiger partial charge in [0, 0.05) is 6.20 Å². The first kappa shape index (κ1) is 15.8. The number of anilines is 1. The number of aromatic nitrogens is 2. The van der Waals surface area contributed by atoms with Crippen molar-refractivity contribution in [3.05, 3.63) is 22.7 Å². The zero-order chi connectivity index (χ0) is 15.6. The van der Waals surface area contributed by atoms with Crippen LogP contribution in [0.4, 0.5) is 5.82 Å². The van der Waals surface area contributed by atoms with Gasteiger partial charge in [-0.15, -0.1) is 0 Å². The zero-order valence-corrected chi connectivity index (χ0v) is 11.1. The lowest BCUT2D eigenvalue weighted by molar-refractivity contribution is -0.0549. The van der Waals surface area contributed by atoms with Gasteiger partial charge in [0.05, 0.1) is 19.8 Å². The van der Waals surface area contributed by atoms with Crippen LogP contribution in [0.2, 0.25) is 0 Å². The number of aliphatic hydroxyl groups is 4. The number of nitrogens with two attached hydrogens (primary N) is 1. The van der Waals surface area contributed by atoms with E-state index >= 15 is 0 Å². The van der Waals surface area contributed by atoms with Crippen molar-refractivity contribution in [1.82, 2.24) is 9.55 Å². The Labute approximate surface area is 119 Å². The average molecular weight is 302 g/mol. The predicted octanol–water partition coefficient (Wildman–Crippen LogP) is -3.47. The molecule has 1 fully saturated rings. The van der Waals surface area contributed by atoms with Gasteiger partial charge in [0.25, 0.3) is 0 Å². The van der Waals surface area contributed by atoms with Crippen LogP contribution in [0.3, 0.4) is 0 Å². The molecule has 1 aromatic heterocycles. The zero-order valence-electron chi connectivity index (χ0n) is 11.1. The highest BCUT2D eigenvalue weighted by molar-refractivity contribution is 5.34. The van der Waals surface area contributed by atoms with E-state index in [4.69, 9.17) is 20.8 Å². The Kier molecular flexibility index (Phi) is 4.88. The molecule has 0 aromatic carbocycles. The standard InChI is InChI=1S/C11H18N4O6/c12-15(3-4-16)7-1-2-14(11(20)13-7)10-9(19)8(18)6(5-17)21-10/h1-2,6,8-10,16-19H,3-5,12H2/t6-,8-,9-,10-/m1/s1. The second-order valence-electron chi connectivity index (χ2n) is 4.62. The van der Waals surface area contributed by atoms with Gasteiger partial charge in [-0.05, 0) is 6.07 Å². The van der Waals surface area contributed by atoms with E-state index < -0.39 is 36.8 Å². The maximum Gasteiger partial charge on any atom is 0.351 e. The van der Waals surface area contributed by atoms with Gasteiger partial charge < -0.3 is 25.2 Å². The van der Waals surface area contributed by atoms with E-state index in [1.54, 1.807) is 0 Å². The second-order valence-corrected chi connectivity index (χ2v) is 4.62. The lowest BCUT2D eigenvalue weighted by Crippen LogP contribution is -2.39. The Hall–Kier alpha value is -1.56. The molecule has 1 saturated heterocycles. The van der Waals surface area contributed by atoms with Gasteiger partial charge in [-0.1, -0.05) is 0 Å². The van der Waals surface area contributed by atoms with Crippen LogP contribution in [-0.2, 0) is 4.74 Å². The molecule has 0 spiro atoms. The van der Waals surface area contributed by atoms with E-state index in [2.05, 4.69) is 4.98 Å². The Morgan fingerprint density at radius 1 is 1.38 bits per heavy atom.